The first-order valence-corrected chi connectivity index (χ1v) is 6.34. The van der Waals surface area contributed by atoms with Gasteiger partial charge in [-0.05, 0) is 19.8 Å². The van der Waals surface area contributed by atoms with Crippen LogP contribution in [0.4, 0.5) is 5.00 Å². The lowest BCUT2D eigenvalue weighted by Crippen LogP contribution is -2.12. The highest BCUT2D eigenvalue weighted by Crippen LogP contribution is 2.22. The molecule has 0 saturated heterocycles. The molecule has 5 nitrogen and oxygen atoms in total. The van der Waals surface area contributed by atoms with E-state index >= 15 is 0 Å². The Morgan fingerprint density at radius 2 is 2.41 bits per heavy atom. The van der Waals surface area contributed by atoms with Gasteiger partial charge in [0.05, 0.1) is 28.7 Å². The molecule has 0 aromatic carbocycles. The molecule has 1 aliphatic rings. The van der Waals surface area contributed by atoms with Crippen LogP contribution in [0.2, 0.25) is 0 Å². The quantitative estimate of drug-likeness (QED) is 0.882. The highest BCUT2D eigenvalue weighted by atomic mass is 32.1. The third-order valence-corrected chi connectivity index (χ3v) is 3.66. The molecule has 0 saturated carbocycles. The van der Waals surface area contributed by atoms with E-state index in [9.17, 15) is 4.79 Å². The average molecular weight is 248 g/mol. The molecule has 0 bridgehead atoms. The third-order valence-electron chi connectivity index (χ3n) is 2.83. The van der Waals surface area contributed by atoms with Gasteiger partial charge in [0.1, 0.15) is 5.00 Å². The van der Waals surface area contributed by atoms with Crippen LogP contribution in [0.1, 0.15) is 27.5 Å². The zero-order chi connectivity index (χ0) is 11.8. The molecule has 1 amide bonds. The van der Waals surface area contributed by atoms with Crippen LogP contribution < -0.4 is 5.32 Å². The summed E-state index contributed by atoms with van der Waals surface area (Å²) in [5, 5.41) is 8.79. The van der Waals surface area contributed by atoms with Crippen LogP contribution in [-0.2, 0) is 13.0 Å². The van der Waals surface area contributed by atoms with Crippen molar-refractivity contribution in [2.45, 2.75) is 26.3 Å². The maximum atomic E-state index is 12.1. The Bertz CT molecular complexity index is 572. The topological polar surface area (TPSA) is 59.8 Å². The van der Waals surface area contributed by atoms with Gasteiger partial charge in [-0.2, -0.15) is 5.10 Å². The number of hydrogen-bond donors (Lipinski definition) is 1. The van der Waals surface area contributed by atoms with Crippen molar-refractivity contribution < 1.29 is 4.79 Å². The number of nitrogens with zero attached hydrogens (tertiary/aromatic N) is 3. The minimum Gasteiger partial charge on any atom is -0.312 e. The third kappa shape index (κ3) is 1.84. The molecule has 0 atom stereocenters. The summed E-state index contributed by atoms with van der Waals surface area (Å²) >= 11 is 1.48. The Kier molecular flexibility index (Phi) is 2.44. The number of anilines is 1. The van der Waals surface area contributed by atoms with Crippen molar-refractivity contribution in [1.29, 1.82) is 0 Å². The van der Waals surface area contributed by atoms with Gasteiger partial charge in [0.15, 0.2) is 0 Å². The molecule has 0 unspecified atom stereocenters. The molecule has 6 heteroatoms. The van der Waals surface area contributed by atoms with Gasteiger partial charge >= 0.3 is 0 Å². The van der Waals surface area contributed by atoms with Crippen LogP contribution in [-0.4, -0.2) is 20.7 Å². The minimum absolute atomic E-state index is 0.0863. The van der Waals surface area contributed by atoms with E-state index in [1.54, 1.807) is 12.4 Å². The van der Waals surface area contributed by atoms with Crippen LogP contribution in [0.3, 0.4) is 0 Å². The molecule has 17 heavy (non-hydrogen) atoms. The van der Waals surface area contributed by atoms with Crippen molar-refractivity contribution >= 4 is 22.2 Å². The fourth-order valence-corrected chi connectivity index (χ4v) is 2.72. The van der Waals surface area contributed by atoms with E-state index in [0.29, 0.717) is 5.56 Å². The Labute approximate surface area is 102 Å². The Morgan fingerprint density at radius 1 is 1.53 bits per heavy atom. The minimum atomic E-state index is -0.0863. The Hall–Kier alpha value is -1.69. The lowest BCUT2D eigenvalue weighted by molar-refractivity contribution is 0.102. The number of amides is 1. The monoisotopic (exact) mass is 248 g/mol. The summed E-state index contributed by atoms with van der Waals surface area (Å²) in [4.78, 5) is 16.2. The molecule has 0 radical (unpaired) electrons. The molecular formula is C11H12N4OS. The smallest absolute Gasteiger partial charge is 0.259 e. The second kappa shape index (κ2) is 3.96. The normalized spacial score (nSPS) is 13.7. The highest BCUT2D eigenvalue weighted by Gasteiger charge is 2.21. The SMILES string of the molecule is Cc1ncc(NC(=O)c2cnn3c2CCC3)s1. The number of carbonyl (C=O) groups is 1. The van der Waals surface area contributed by atoms with Gasteiger partial charge < -0.3 is 5.32 Å². The van der Waals surface area contributed by atoms with Gasteiger partial charge in [-0.1, -0.05) is 0 Å². The first-order valence-electron chi connectivity index (χ1n) is 5.52. The lowest BCUT2D eigenvalue weighted by atomic mass is 10.2. The Balaban J connectivity index is 1.82. The lowest BCUT2D eigenvalue weighted by Gasteiger charge is -2.01. The number of aromatic nitrogens is 3. The number of rotatable bonds is 2. The predicted molar refractivity (Wildman–Crippen MR) is 65.4 cm³/mol. The van der Waals surface area contributed by atoms with Crippen molar-refractivity contribution in [3.8, 4) is 0 Å². The zero-order valence-corrected chi connectivity index (χ0v) is 10.3. The van der Waals surface area contributed by atoms with E-state index < -0.39 is 0 Å². The predicted octanol–water partition coefficient (Wildman–Crippen LogP) is 1.85. The van der Waals surface area contributed by atoms with Crippen LogP contribution in [0.25, 0.3) is 0 Å². The van der Waals surface area contributed by atoms with Crippen LogP contribution in [0.15, 0.2) is 12.4 Å². The summed E-state index contributed by atoms with van der Waals surface area (Å²) in [6, 6.07) is 0. The van der Waals surface area contributed by atoms with Gasteiger partial charge in [0.2, 0.25) is 0 Å². The maximum absolute atomic E-state index is 12.1. The zero-order valence-electron chi connectivity index (χ0n) is 9.43. The largest absolute Gasteiger partial charge is 0.312 e. The number of nitrogens with one attached hydrogen (secondary N) is 1. The van der Waals surface area contributed by atoms with Crippen molar-refractivity contribution in [2.75, 3.05) is 5.32 Å². The van der Waals surface area contributed by atoms with E-state index in [-0.39, 0.29) is 5.91 Å². The van der Waals surface area contributed by atoms with Crippen LogP contribution in [0, 0.1) is 6.92 Å². The van der Waals surface area contributed by atoms with Gasteiger partial charge in [-0.25, -0.2) is 4.98 Å². The van der Waals surface area contributed by atoms with Gasteiger partial charge in [-0.15, -0.1) is 11.3 Å². The summed E-state index contributed by atoms with van der Waals surface area (Å²) in [7, 11) is 0. The maximum Gasteiger partial charge on any atom is 0.259 e. The molecule has 3 heterocycles. The molecule has 0 spiro atoms. The second-order valence-electron chi connectivity index (χ2n) is 4.03. The molecular weight excluding hydrogens is 236 g/mol. The summed E-state index contributed by atoms with van der Waals surface area (Å²) in [5.41, 5.74) is 1.73. The number of carbonyl (C=O) groups excluding carboxylic acids is 1. The standard InChI is InChI=1S/C11H12N4OS/c1-7-12-6-10(17-7)14-11(16)8-5-13-15-4-2-3-9(8)15/h5-6H,2-4H2,1H3,(H,14,16). The highest BCUT2D eigenvalue weighted by molar-refractivity contribution is 7.15. The van der Waals surface area contributed by atoms with E-state index in [0.717, 1.165) is 35.1 Å². The van der Waals surface area contributed by atoms with Crippen LogP contribution in [0.5, 0.6) is 0 Å². The summed E-state index contributed by atoms with van der Waals surface area (Å²) < 4.78 is 1.91. The van der Waals surface area contributed by atoms with Crippen molar-refractivity contribution in [3.05, 3.63) is 28.7 Å². The molecule has 2 aromatic rings. The first-order chi connectivity index (χ1) is 8.24. The first kappa shape index (κ1) is 10.5. The molecule has 1 aliphatic heterocycles. The van der Waals surface area contributed by atoms with Crippen molar-refractivity contribution in [2.24, 2.45) is 0 Å². The van der Waals surface area contributed by atoms with E-state index in [1.165, 1.54) is 11.3 Å². The van der Waals surface area contributed by atoms with Crippen molar-refractivity contribution in [1.82, 2.24) is 14.8 Å². The molecule has 88 valence electrons. The molecule has 0 fully saturated rings. The van der Waals surface area contributed by atoms with Crippen molar-refractivity contribution in [3.63, 3.8) is 0 Å². The number of thiazole rings is 1. The summed E-state index contributed by atoms with van der Waals surface area (Å²) in [6.45, 7) is 2.83. The molecule has 3 rings (SSSR count). The number of aryl methyl sites for hydroxylation is 2. The number of fused-ring (bicyclic) bond motifs is 1. The van der Waals surface area contributed by atoms with Gasteiger partial charge in [-0.3, -0.25) is 9.48 Å². The number of hydrogen-bond acceptors (Lipinski definition) is 4. The average Bonchev–Trinajstić information content (AvgIpc) is 2.93. The van der Waals surface area contributed by atoms with Gasteiger partial charge in [0.25, 0.3) is 5.91 Å². The van der Waals surface area contributed by atoms with E-state index in [1.807, 2.05) is 11.6 Å². The van der Waals surface area contributed by atoms with Gasteiger partial charge in [0, 0.05) is 6.54 Å². The second-order valence-corrected chi connectivity index (χ2v) is 5.26. The van der Waals surface area contributed by atoms with E-state index in [2.05, 4.69) is 15.4 Å². The summed E-state index contributed by atoms with van der Waals surface area (Å²) in [5.74, 6) is -0.0863. The van der Waals surface area contributed by atoms with E-state index in [4.69, 9.17) is 0 Å². The Morgan fingerprint density at radius 3 is 3.18 bits per heavy atom. The van der Waals surface area contributed by atoms with Crippen LogP contribution >= 0.6 is 11.3 Å². The molecule has 2 aromatic heterocycles. The fraction of sp³-hybridized carbons (Fsp3) is 0.364. The fourth-order valence-electron chi connectivity index (χ4n) is 2.05. The molecule has 1 N–H and O–H groups in total. The summed E-state index contributed by atoms with van der Waals surface area (Å²) in [6.07, 6.45) is 5.34. The molecule has 0 aliphatic carbocycles.